The molecule has 0 aliphatic carbocycles. The van der Waals surface area contributed by atoms with Gasteiger partial charge >= 0.3 is 0 Å². The average Bonchev–Trinajstić information content (AvgIpc) is 2.35. The van der Waals surface area contributed by atoms with Gasteiger partial charge in [0.2, 0.25) is 0 Å². The van der Waals surface area contributed by atoms with E-state index < -0.39 is 0 Å². The molecule has 17 heavy (non-hydrogen) atoms. The lowest BCUT2D eigenvalue weighted by molar-refractivity contribution is 0.945. The van der Waals surface area contributed by atoms with Gasteiger partial charge in [0, 0.05) is 6.54 Å². The van der Waals surface area contributed by atoms with Crippen molar-refractivity contribution in [3.63, 3.8) is 0 Å². The van der Waals surface area contributed by atoms with Gasteiger partial charge in [0.15, 0.2) is 0 Å². The van der Waals surface area contributed by atoms with E-state index in [1.54, 1.807) is 0 Å². The van der Waals surface area contributed by atoms with Crippen molar-refractivity contribution in [2.45, 2.75) is 6.54 Å². The van der Waals surface area contributed by atoms with Crippen LogP contribution in [0.1, 0.15) is 5.56 Å². The quantitative estimate of drug-likeness (QED) is 0.814. The van der Waals surface area contributed by atoms with Gasteiger partial charge in [0.1, 0.15) is 9.98 Å². The number of thiocarbonyl (C=S) groups is 2. The summed E-state index contributed by atoms with van der Waals surface area (Å²) in [6, 6.07) is 14.4. The Kier molecular flexibility index (Phi) is 3.66. The molecule has 86 valence electrons. The van der Waals surface area contributed by atoms with Crippen LogP contribution in [0.2, 0.25) is 0 Å². The summed E-state index contributed by atoms with van der Waals surface area (Å²) in [6.45, 7) is 0.636. The number of hydrogen-bond donors (Lipinski definition) is 2. The second-order valence-corrected chi connectivity index (χ2v) is 4.53. The van der Waals surface area contributed by atoms with E-state index in [9.17, 15) is 0 Å². The Labute approximate surface area is 111 Å². The smallest absolute Gasteiger partial charge is 0.134 e. The molecule has 3 N–H and O–H groups in total. The first-order valence-electron chi connectivity index (χ1n) is 5.23. The first kappa shape index (κ1) is 12.0. The molecule has 0 unspecified atom stereocenters. The highest BCUT2D eigenvalue weighted by Crippen LogP contribution is 2.18. The van der Waals surface area contributed by atoms with Gasteiger partial charge in [-0.1, -0.05) is 66.9 Å². The van der Waals surface area contributed by atoms with Crippen LogP contribution in [0.3, 0.4) is 0 Å². The summed E-state index contributed by atoms with van der Waals surface area (Å²) in [5.74, 6) is 0. The molecular formula is C13H12N2S2. The molecule has 0 heterocycles. The Bertz CT molecular complexity index is 573. The molecule has 2 aromatic rings. The van der Waals surface area contributed by atoms with E-state index in [2.05, 4.69) is 29.6 Å². The Hall–Kier alpha value is -1.52. The highest BCUT2D eigenvalue weighted by Gasteiger charge is 2.02. The molecule has 0 radical (unpaired) electrons. The van der Waals surface area contributed by atoms with E-state index in [-0.39, 0.29) is 4.99 Å². The van der Waals surface area contributed by atoms with Crippen LogP contribution >= 0.6 is 24.4 Å². The van der Waals surface area contributed by atoms with Gasteiger partial charge in [-0.15, -0.1) is 0 Å². The van der Waals surface area contributed by atoms with Crippen LogP contribution in [0.25, 0.3) is 10.8 Å². The molecule has 0 atom stereocenters. The van der Waals surface area contributed by atoms with E-state index in [1.807, 2.05) is 18.2 Å². The number of benzene rings is 2. The zero-order chi connectivity index (χ0) is 12.3. The molecule has 0 saturated carbocycles. The van der Waals surface area contributed by atoms with Gasteiger partial charge in [-0.3, -0.25) is 0 Å². The summed E-state index contributed by atoms with van der Waals surface area (Å²) in [5, 5.41) is 5.49. The summed E-state index contributed by atoms with van der Waals surface area (Å²) in [6.07, 6.45) is 0. The zero-order valence-electron chi connectivity index (χ0n) is 9.14. The maximum atomic E-state index is 5.44. The van der Waals surface area contributed by atoms with Crippen LogP contribution in [0.4, 0.5) is 0 Å². The van der Waals surface area contributed by atoms with Crippen molar-refractivity contribution < 1.29 is 0 Å². The van der Waals surface area contributed by atoms with E-state index in [4.69, 9.17) is 30.2 Å². The monoisotopic (exact) mass is 260 g/mol. The second-order valence-electron chi connectivity index (χ2n) is 3.69. The third-order valence-electron chi connectivity index (χ3n) is 2.54. The minimum Gasteiger partial charge on any atom is -0.388 e. The molecule has 0 fully saturated rings. The lowest BCUT2D eigenvalue weighted by atomic mass is 10.0. The third kappa shape index (κ3) is 2.78. The van der Waals surface area contributed by atoms with Crippen LogP contribution in [-0.4, -0.2) is 9.98 Å². The molecule has 2 aromatic carbocycles. The highest BCUT2D eigenvalue weighted by atomic mass is 32.1. The largest absolute Gasteiger partial charge is 0.388 e. The van der Waals surface area contributed by atoms with Crippen LogP contribution in [0.15, 0.2) is 42.5 Å². The van der Waals surface area contributed by atoms with Crippen LogP contribution in [0.5, 0.6) is 0 Å². The van der Waals surface area contributed by atoms with Gasteiger partial charge in [0.05, 0.1) is 0 Å². The first-order valence-corrected chi connectivity index (χ1v) is 6.04. The zero-order valence-corrected chi connectivity index (χ0v) is 10.8. The molecule has 0 aromatic heterocycles. The van der Waals surface area contributed by atoms with Crippen molar-refractivity contribution in [1.82, 2.24) is 5.32 Å². The summed E-state index contributed by atoms with van der Waals surface area (Å²) >= 11 is 9.83. The summed E-state index contributed by atoms with van der Waals surface area (Å²) in [4.78, 5) is 0.674. The van der Waals surface area contributed by atoms with Crippen LogP contribution in [0, 0.1) is 0 Å². The van der Waals surface area contributed by atoms with Crippen molar-refractivity contribution in [2.75, 3.05) is 0 Å². The fourth-order valence-electron chi connectivity index (χ4n) is 1.71. The number of hydrogen-bond acceptors (Lipinski definition) is 2. The van der Waals surface area contributed by atoms with Crippen molar-refractivity contribution in [3.05, 3.63) is 48.0 Å². The van der Waals surface area contributed by atoms with Crippen molar-refractivity contribution in [3.8, 4) is 0 Å². The lowest BCUT2D eigenvalue weighted by Crippen LogP contribution is -2.32. The molecule has 2 rings (SSSR count). The van der Waals surface area contributed by atoms with Gasteiger partial charge < -0.3 is 11.1 Å². The Morgan fingerprint density at radius 3 is 2.53 bits per heavy atom. The summed E-state index contributed by atoms with van der Waals surface area (Å²) in [5.41, 5.74) is 6.62. The summed E-state index contributed by atoms with van der Waals surface area (Å²) in [7, 11) is 0. The predicted molar refractivity (Wildman–Crippen MR) is 80.2 cm³/mol. The number of fused-ring (bicyclic) bond motifs is 1. The third-order valence-corrected chi connectivity index (χ3v) is 3.24. The van der Waals surface area contributed by atoms with Crippen molar-refractivity contribution in [1.29, 1.82) is 0 Å². The predicted octanol–water partition coefficient (Wildman–Crippen LogP) is 2.54. The first-order chi connectivity index (χ1) is 8.18. The van der Waals surface area contributed by atoms with Gasteiger partial charge in [-0.25, -0.2) is 0 Å². The van der Waals surface area contributed by atoms with Crippen LogP contribution in [-0.2, 0) is 6.54 Å². The van der Waals surface area contributed by atoms with Gasteiger partial charge in [-0.05, 0) is 16.3 Å². The summed E-state index contributed by atoms with van der Waals surface area (Å²) < 4.78 is 0. The lowest BCUT2D eigenvalue weighted by Gasteiger charge is -2.09. The Morgan fingerprint density at radius 2 is 1.76 bits per heavy atom. The van der Waals surface area contributed by atoms with E-state index in [1.165, 1.54) is 16.3 Å². The molecular weight excluding hydrogens is 248 g/mol. The second kappa shape index (κ2) is 5.21. The number of rotatable bonds is 2. The van der Waals surface area contributed by atoms with Crippen LogP contribution < -0.4 is 11.1 Å². The maximum absolute atomic E-state index is 5.44. The molecule has 0 spiro atoms. The van der Waals surface area contributed by atoms with Gasteiger partial charge in [-0.2, -0.15) is 0 Å². The van der Waals surface area contributed by atoms with Crippen molar-refractivity contribution >= 4 is 45.2 Å². The van der Waals surface area contributed by atoms with Gasteiger partial charge in [0.25, 0.3) is 0 Å². The maximum Gasteiger partial charge on any atom is 0.134 e. The number of nitrogens with two attached hydrogens (primary N) is 1. The molecule has 2 nitrogen and oxygen atoms in total. The fourth-order valence-corrected chi connectivity index (χ4v) is 1.85. The molecule has 0 aliphatic heterocycles. The standard InChI is InChI=1S/C13H12N2S2/c14-12(16)13(17)15-8-10-6-3-5-9-4-1-2-7-11(9)10/h1-7H,8H2,(H2,14,16)(H,15,17). The van der Waals surface area contributed by atoms with E-state index in [0.29, 0.717) is 11.5 Å². The van der Waals surface area contributed by atoms with Crippen molar-refractivity contribution in [2.24, 2.45) is 5.73 Å². The minimum absolute atomic E-state index is 0.236. The highest BCUT2D eigenvalue weighted by molar-refractivity contribution is 7.89. The molecule has 0 aliphatic rings. The molecule has 0 amide bonds. The normalized spacial score (nSPS) is 10.1. The minimum atomic E-state index is 0.236. The van der Waals surface area contributed by atoms with E-state index in [0.717, 1.165) is 0 Å². The van der Waals surface area contributed by atoms with E-state index >= 15 is 0 Å². The molecule has 0 bridgehead atoms. The Balaban J connectivity index is 2.24. The molecule has 0 saturated heterocycles. The fraction of sp³-hybridized carbons (Fsp3) is 0.0769. The average molecular weight is 260 g/mol. The molecule has 4 heteroatoms. The number of nitrogens with one attached hydrogen (secondary N) is 1. The topological polar surface area (TPSA) is 38.0 Å². The SMILES string of the molecule is NC(=S)C(=S)NCc1cccc2ccccc12. The Morgan fingerprint density at radius 1 is 1.06 bits per heavy atom.